The number of hydrogen-bond acceptors (Lipinski definition) is 6. The summed E-state index contributed by atoms with van der Waals surface area (Å²) < 4.78 is 0. The number of nitrogens with zero attached hydrogens (tertiary/aromatic N) is 2. The van der Waals surface area contributed by atoms with Gasteiger partial charge in [-0.05, 0) is 75.2 Å². The Morgan fingerprint density at radius 1 is 0.725 bits per heavy atom. The predicted molar refractivity (Wildman–Crippen MR) is 156 cm³/mol. The molecule has 2 aliphatic rings. The van der Waals surface area contributed by atoms with Gasteiger partial charge in [-0.15, -0.1) is 0 Å². The average molecular weight is 537 g/mol. The van der Waals surface area contributed by atoms with E-state index in [1.807, 2.05) is 64.1 Å². The molecule has 2 unspecified atom stereocenters. The van der Waals surface area contributed by atoms with Crippen molar-refractivity contribution in [3.63, 3.8) is 0 Å². The quantitative estimate of drug-likeness (QED) is 0.271. The fourth-order valence-corrected chi connectivity index (χ4v) is 6.25. The van der Waals surface area contributed by atoms with E-state index in [9.17, 15) is 9.59 Å². The van der Waals surface area contributed by atoms with Crippen molar-refractivity contribution < 1.29 is 9.59 Å². The van der Waals surface area contributed by atoms with Crippen LogP contribution in [-0.2, 0) is 20.7 Å². The van der Waals surface area contributed by atoms with E-state index in [0.29, 0.717) is 11.6 Å². The van der Waals surface area contributed by atoms with Crippen LogP contribution >= 0.6 is 0 Å². The van der Waals surface area contributed by atoms with E-state index < -0.39 is 11.1 Å². The number of aromatic amines is 2. The first-order valence-electron chi connectivity index (χ1n) is 14.3. The minimum absolute atomic E-state index is 0.0841. The fourth-order valence-electron chi connectivity index (χ4n) is 6.25. The molecule has 8 nitrogen and oxygen atoms in total. The van der Waals surface area contributed by atoms with Gasteiger partial charge < -0.3 is 9.97 Å². The molecule has 0 bridgehead atoms. The highest BCUT2D eigenvalue weighted by Gasteiger charge is 2.46. The van der Waals surface area contributed by atoms with Gasteiger partial charge >= 0.3 is 0 Å². The number of rotatable bonds is 6. The van der Waals surface area contributed by atoms with E-state index >= 15 is 0 Å². The third-order valence-corrected chi connectivity index (χ3v) is 8.32. The van der Waals surface area contributed by atoms with Crippen molar-refractivity contribution in [2.45, 2.75) is 64.5 Å². The van der Waals surface area contributed by atoms with E-state index in [1.54, 1.807) is 0 Å². The summed E-state index contributed by atoms with van der Waals surface area (Å²) in [4.78, 5) is 42.7. The first kappa shape index (κ1) is 26.4. The number of Topliss-reactive ketones (excluding diaryl/α,β-unsaturated/α-hetero) is 2. The lowest BCUT2D eigenvalue weighted by Crippen LogP contribution is -2.47. The zero-order valence-corrected chi connectivity index (χ0v) is 23.6. The molecule has 0 saturated carbocycles. The van der Waals surface area contributed by atoms with Gasteiger partial charge in [0.2, 0.25) is 0 Å². The molecule has 4 N–H and O–H groups in total. The molecular formula is C32H36N6O2. The summed E-state index contributed by atoms with van der Waals surface area (Å²) in [7, 11) is 0. The Balaban J connectivity index is 1.29. The Morgan fingerprint density at radius 3 is 1.50 bits per heavy atom. The lowest BCUT2D eigenvalue weighted by molar-refractivity contribution is -0.129. The van der Waals surface area contributed by atoms with Crippen LogP contribution in [0.5, 0.6) is 0 Å². The number of ketones is 2. The average Bonchev–Trinajstić information content (AvgIpc) is 3.75. The molecule has 2 atom stereocenters. The Hall–Kier alpha value is -3.80. The third kappa shape index (κ3) is 4.34. The molecule has 0 aliphatic carbocycles. The zero-order valence-electron chi connectivity index (χ0n) is 23.6. The molecule has 0 amide bonds. The first-order chi connectivity index (χ1) is 19.2. The number of benzene rings is 2. The van der Waals surface area contributed by atoms with E-state index in [0.717, 1.165) is 72.0 Å². The van der Waals surface area contributed by atoms with Crippen molar-refractivity contribution in [2.24, 2.45) is 11.8 Å². The third-order valence-electron chi connectivity index (χ3n) is 8.32. The van der Waals surface area contributed by atoms with Crippen LogP contribution in [0.25, 0.3) is 22.1 Å². The van der Waals surface area contributed by atoms with Gasteiger partial charge in [-0.1, -0.05) is 39.5 Å². The van der Waals surface area contributed by atoms with Gasteiger partial charge in [0.05, 0.1) is 22.1 Å². The van der Waals surface area contributed by atoms with E-state index in [1.165, 1.54) is 0 Å². The Morgan fingerprint density at radius 2 is 1.15 bits per heavy atom. The molecule has 0 spiro atoms. The fraction of sp³-hybridized carbons (Fsp3) is 0.438. The molecule has 2 fully saturated rings. The van der Waals surface area contributed by atoms with Gasteiger partial charge in [-0.2, -0.15) is 0 Å². The van der Waals surface area contributed by atoms with Crippen molar-refractivity contribution >= 4 is 33.6 Å². The van der Waals surface area contributed by atoms with Gasteiger partial charge in [-0.3, -0.25) is 20.2 Å². The summed E-state index contributed by atoms with van der Waals surface area (Å²) in [5, 5.41) is 6.87. The van der Waals surface area contributed by atoms with Crippen LogP contribution in [0, 0.1) is 23.7 Å². The molecule has 40 heavy (non-hydrogen) atoms. The highest BCUT2D eigenvalue weighted by molar-refractivity contribution is 5.92. The van der Waals surface area contributed by atoms with Gasteiger partial charge in [0, 0.05) is 23.0 Å². The second kappa shape index (κ2) is 9.99. The van der Waals surface area contributed by atoms with Gasteiger partial charge in [0.25, 0.3) is 0 Å². The maximum absolute atomic E-state index is 13.1. The highest BCUT2D eigenvalue weighted by Crippen LogP contribution is 2.35. The van der Waals surface area contributed by atoms with Crippen LogP contribution in [0.2, 0.25) is 0 Å². The van der Waals surface area contributed by atoms with Gasteiger partial charge in [0.15, 0.2) is 11.6 Å². The number of hydrogen-bond donors (Lipinski definition) is 4. The van der Waals surface area contributed by atoms with Crippen LogP contribution < -0.4 is 10.6 Å². The topological polar surface area (TPSA) is 116 Å². The molecule has 2 aromatic heterocycles. The van der Waals surface area contributed by atoms with Crippen molar-refractivity contribution in [1.82, 2.24) is 30.6 Å². The normalized spacial score (nSPS) is 22.9. The molecule has 8 heteroatoms. The molecule has 2 saturated heterocycles. The lowest BCUT2D eigenvalue weighted by atomic mass is 9.85. The molecule has 4 aromatic rings. The minimum atomic E-state index is -0.746. The first-order valence-corrected chi connectivity index (χ1v) is 14.3. The number of fused-ring (bicyclic) bond motifs is 2. The van der Waals surface area contributed by atoms with Crippen LogP contribution in [-0.4, -0.2) is 44.6 Å². The Labute approximate surface area is 234 Å². The van der Waals surface area contributed by atoms with Crippen molar-refractivity contribution in [3.05, 3.63) is 59.2 Å². The monoisotopic (exact) mass is 536 g/mol. The smallest absolute Gasteiger partial charge is 0.163 e. The number of nitrogens with one attached hydrogen (secondary N) is 4. The predicted octanol–water partition coefficient (Wildman–Crippen LogP) is 4.45. The molecule has 0 radical (unpaired) electrons. The van der Waals surface area contributed by atoms with Crippen LogP contribution in [0.1, 0.15) is 76.2 Å². The summed E-state index contributed by atoms with van der Waals surface area (Å²) >= 11 is 0. The maximum atomic E-state index is 13.1. The van der Waals surface area contributed by atoms with Crippen molar-refractivity contribution in [2.75, 3.05) is 13.1 Å². The van der Waals surface area contributed by atoms with E-state index in [4.69, 9.17) is 9.97 Å². The van der Waals surface area contributed by atoms with Gasteiger partial charge in [-0.25, -0.2) is 9.97 Å². The summed E-state index contributed by atoms with van der Waals surface area (Å²) in [6.07, 6.45) is 3.38. The largest absolute Gasteiger partial charge is 0.340 e. The lowest BCUT2D eigenvalue weighted by Gasteiger charge is -2.27. The number of H-pyrrole nitrogens is 2. The molecular weight excluding hydrogens is 500 g/mol. The number of carbonyl (C=O) groups is 2. The second-order valence-corrected chi connectivity index (χ2v) is 11.8. The van der Waals surface area contributed by atoms with Crippen LogP contribution in [0.3, 0.4) is 0 Å². The Bertz CT molecular complexity index is 1550. The van der Waals surface area contributed by atoms with Crippen molar-refractivity contribution in [3.8, 4) is 11.8 Å². The summed E-state index contributed by atoms with van der Waals surface area (Å²) in [5.74, 6) is 8.09. The SMILES string of the molecule is CC(C)C(=O)C1(c2nc3ccc(C#Cc4ccc5nc(C6(C(=O)C(C)C)CCCN6)[nH]c5c4)cc3[nH]2)CCCN1. The van der Waals surface area contributed by atoms with Crippen LogP contribution in [0.4, 0.5) is 0 Å². The summed E-state index contributed by atoms with van der Waals surface area (Å²) in [5.41, 5.74) is 3.59. The number of aromatic nitrogens is 4. The zero-order chi connectivity index (χ0) is 28.1. The highest BCUT2D eigenvalue weighted by atomic mass is 16.1. The summed E-state index contributed by atoms with van der Waals surface area (Å²) in [6.45, 7) is 9.38. The number of carbonyl (C=O) groups excluding carboxylic acids is 2. The van der Waals surface area contributed by atoms with E-state index in [-0.39, 0.29) is 23.4 Å². The Kier molecular flexibility index (Phi) is 6.60. The maximum Gasteiger partial charge on any atom is 0.163 e. The summed E-state index contributed by atoms with van der Waals surface area (Å²) in [6, 6.07) is 11.8. The molecule has 4 heterocycles. The van der Waals surface area contributed by atoms with Gasteiger partial charge in [0.1, 0.15) is 22.7 Å². The van der Waals surface area contributed by atoms with E-state index in [2.05, 4.69) is 32.4 Å². The molecule has 2 aromatic carbocycles. The number of imidazole rings is 2. The molecule has 2 aliphatic heterocycles. The minimum Gasteiger partial charge on any atom is -0.340 e. The van der Waals surface area contributed by atoms with Crippen molar-refractivity contribution in [1.29, 1.82) is 0 Å². The molecule has 6 rings (SSSR count). The molecule has 206 valence electrons. The van der Waals surface area contributed by atoms with Crippen LogP contribution in [0.15, 0.2) is 36.4 Å². The standard InChI is InChI=1S/C32H36N6O2/c1-19(2)27(39)31(13-5-15-33-31)29-35-23-11-9-21(17-25(23)37-29)7-8-22-10-12-24-26(18-22)38-30(36-24)32(14-6-16-34-32)28(40)20(3)4/h9-12,17-20,33-34H,5-6,13-16H2,1-4H3,(H,35,37)(H,36,38). The second-order valence-electron chi connectivity index (χ2n) is 11.8.